The molecule has 3 aromatic rings. The summed E-state index contributed by atoms with van der Waals surface area (Å²) in [7, 11) is 0. The van der Waals surface area contributed by atoms with Crippen molar-refractivity contribution in [2.75, 3.05) is 55.6 Å². The Bertz CT molecular complexity index is 1900. The monoisotopic (exact) mass is 769 g/mol. The molecule has 55 heavy (non-hydrogen) atoms. The molecule has 0 bridgehead atoms. The fraction of sp³-hybridized carbons (Fsp3) is 0.500. The van der Waals surface area contributed by atoms with E-state index in [1.54, 1.807) is 36.4 Å². The summed E-state index contributed by atoms with van der Waals surface area (Å²) in [5.41, 5.74) is 0.845. The Kier molecular flexibility index (Phi) is 12.0. The maximum atomic E-state index is 13.0. The topological polar surface area (TPSA) is 199 Å². The lowest BCUT2D eigenvalue weighted by Gasteiger charge is -2.39. The Labute approximate surface area is 323 Å². The van der Waals surface area contributed by atoms with Gasteiger partial charge in [0.2, 0.25) is 11.8 Å². The molecule has 17 heteroatoms. The number of carbonyl (C=O) groups is 4. The molecule has 4 amide bonds. The van der Waals surface area contributed by atoms with Gasteiger partial charge in [0, 0.05) is 64.3 Å². The lowest BCUT2D eigenvalue weighted by molar-refractivity contribution is -0.134. The van der Waals surface area contributed by atoms with Crippen molar-refractivity contribution in [1.82, 2.24) is 41.2 Å². The minimum atomic E-state index is -0.762. The first-order chi connectivity index (χ1) is 26.7. The largest absolute Gasteiger partial charge is 0.490 e. The van der Waals surface area contributed by atoms with Crippen molar-refractivity contribution < 1.29 is 23.9 Å². The molecule has 4 fully saturated rings. The number of nitrogens with one attached hydrogen (secondary N) is 3. The molecule has 7 rings (SSSR count). The Balaban J connectivity index is 0.789. The quantitative estimate of drug-likeness (QED) is 0.255. The van der Waals surface area contributed by atoms with Gasteiger partial charge in [-0.1, -0.05) is 11.6 Å². The molecule has 1 atom stereocenters. The van der Waals surface area contributed by atoms with Crippen LogP contribution >= 0.6 is 11.6 Å². The van der Waals surface area contributed by atoms with Crippen molar-refractivity contribution in [2.24, 2.45) is 5.92 Å². The van der Waals surface area contributed by atoms with Gasteiger partial charge in [-0.15, -0.1) is 20.4 Å². The number of piperazine rings is 1. The van der Waals surface area contributed by atoms with E-state index in [2.05, 4.69) is 57.1 Å². The number of anilines is 2. The molecule has 1 aromatic carbocycles. The van der Waals surface area contributed by atoms with E-state index >= 15 is 0 Å². The smallest absolute Gasteiger partial charge is 0.272 e. The van der Waals surface area contributed by atoms with Crippen LogP contribution in [0.1, 0.15) is 77.9 Å². The SMILES string of the molecule is N#Cc1ccc(O[C@H]2CC[C@H](NC(=O)c3ccc(N4CCC(CN5CCN(c6ccc(C(=O)NC7CCC(=O)NC7=O)nn6)CC5)CC4)nn3)CC2)cc1Cl. The number of amides is 4. The minimum absolute atomic E-state index is 0.0242. The van der Waals surface area contributed by atoms with E-state index in [0.717, 1.165) is 90.2 Å². The molecule has 288 valence electrons. The van der Waals surface area contributed by atoms with E-state index in [1.807, 2.05) is 6.07 Å². The molecule has 1 unspecified atom stereocenters. The Hall–Kier alpha value is -5.40. The number of imide groups is 1. The van der Waals surface area contributed by atoms with Crippen LogP contribution < -0.4 is 30.5 Å². The molecular weight excluding hydrogens is 726 g/mol. The number of rotatable bonds is 10. The summed E-state index contributed by atoms with van der Waals surface area (Å²) in [6, 6.07) is 13.4. The standard InChI is InChI=1S/C38H44ClN11O5/c39-29-21-28(4-1-25(29)22-40)55-27-5-2-26(3-6-27)41-37(53)31-7-10-33(46-44-31)49-15-13-24(14-16-49)23-48-17-19-50(20-18-48)34-11-8-32(45-47-34)38(54)42-30-9-12-35(51)43-36(30)52/h1,4,7-8,10-11,21,24,26-27,30H,2-3,5-6,9,12-20,23H2,(H,41,53)(H,42,54)(H,43,51,52)/t26-,27-,30?. The first-order valence-corrected chi connectivity index (χ1v) is 19.3. The van der Waals surface area contributed by atoms with Gasteiger partial charge in [-0.2, -0.15) is 5.26 Å². The average Bonchev–Trinajstić information content (AvgIpc) is 3.20. The lowest BCUT2D eigenvalue weighted by atomic mass is 9.93. The maximum Gasteiger partial charge on any atom is 0.272 e. The third-order valence-corrected chi connectivity index (χ3v) is 11.1. The molecular formula is C38H44ClN11O5. The second-order valence-electron chi connectivity index (χ2n) is 14.6. The third-order valence-electron chi connectivity index (χ3n) is 10.8. The fourth-order valence-corrected chi connectivity index (χ4v) is 7.81. The molecule has 0 spiro atoms. The van der Waals surface area contributed by atoms with E-state index in [9.17, 15) is 19.2 Å². The van der Waals surface area contributed by atoms with Crippen molar-refractivity contribution in [1.29, 1.82) is 5.26 Å². The number of benzene rings is 1. The van der Waals surface area contributed by atoms with Crippen LogP contribution in [0, 0.1) is 17.2 Å². The number of piperidine rings is 2. The van der Waals surface area contributed by atoms with Gasteiger partial charge >= 0.3 is 0 Å². The molecule has 1 aliphatic carbocycles. The highest BCUT2D eigenvalue weighted by Gasteiger charge is 2.30. The highest BCUT2D eigenvalue weighted by atomic mass is 35.5. The summed E-state index contributed by atoms with van der Waals surface area (Å²) in [6.45, 7) is 6.19. The normalized spacial score (nSPS) is 22.4. The summed E-state index contributed by atoms with van der Waals surface area (Å²) >= 11 is 6.14. The van der Waals surface area contributed by atoms with Gasteiger partial charge in [0.05, 0.1) is 16.7 Å². The average molecular weight is 770 g/mol. The molecule has 5 heterocycles. The molecule has 16 nitrogen and oxygen atoms in total. The van der Waals surface area contributed by atoms with Gasteiger partial charge in [0.25, 0.3) is 11.8 Å². The predicted octanol–water partition coefficient (Wildman–Crippen LogP) is 2.49. The van der Waals surface area contributed by atoms with Crippen LogP contribution in [0.5, 0.6) is 5.75 Å². The van der Waals surface area contributed by atoms with Crippen LogP contribution in [0.15, 0.2) is 42.5 Å². The van der Waals surface area contributed by atoms with Gasteiger partial charge < -0.3 is 25.2 Å². The Morgan fingerprint density at radius 1 is 0.800 bits per heavy atom. The second-order valence-corrected chi connectivity index (χ2v) is 15.0. The Morgan fingerprint density at radius 2 is 1.44 bits per heavy atom. The first-order valence-electron chi connectivity index (χ1n) is 18.9. The van der Waals surface area contributed by atoms with Crippen molar-refractivity contribution >= 4 is 46.9 Å². The predicted molar refractivity (Wildman–Crippen MR) is 202 cm³/mol. The summed E-state index contributed by atoms with van der Waals surface area (Å²) < 4.78 is 6.07. The van der Waals surface area contributed by atoms with E-state index in [-0.39, 0.29) is 42.5 Å². The number of carbonyl (C=O) groups excluding carboxylic acids is 4. The maximum absolute atomic E-state index is 13.0. The number of ether oxygens (including phenoxy) is 1. The molecule has 3 saturated heterocycles. The molecule has 1 saturated carbocycles. The van der Waals surface area contributed by atoms with Gasteiger partial charge in [-0.3, -0.25) is 29.4 Å². The van der Waals surface area contributed by atoms with Gasteiger partial charge in [-0.05, 0) is 87.3 Å². The number of nitrogens with zero attached hydrogens (tertiary/aromatic N) is 8. The van der Waals surface area contributed by atoms with Crippen LogP contribution in [-0.2, 0) is 9.59 Å². The van der Waals surface area contributed by atoms with Gasteiger partial charge in [-0.25, -0.2) is 0 Å². The summed E-state index contributed by atoms with van der Waals surface area (Å²) in [4.78, 5) is 55.8. The summed E-state index contributed by atoms with van der Waals surface area (Å²) in [5, 5.41) is 34.5. The molecule has 2 aromatic heterocycles. The molecule has 4 aliphatic rings. The third kappa shape index (κ3) is 9.65. The summed E-state index contributed by atoms with van der Waals surface area (Å²) in [6.07, 6.45) is 5.72. The van der Waals surface area contributed by atoms with Crippen LogP contribution in [0.25, 0.3) is 0 Å². The number of halogens is 1. The van der Waals surface area contributed by atoms with Crippen molar-refractivity contribution in [2.45, 2.75) is 69.6 Å². The zero-order chi connectivity index (χ0) is 38.3. The van der Waals surface area contributed by atoms with E-state index in [1.165, 1.54) is 0 Å². The molecule has 0 radical (unpaired) electrons. The van der Waals surface area contributed by atoms with Crippen LogP contribution in [-0.4, -0.2) is 113 Å². The zero-order valence-electron chi connectivity index (χ0n) is 30.5. The highest BCUT2D eigenvalue weighted by Crippen LogP contribution is 2.28. The van der Waals surface area contributed by atoms with E-state index in [4.69, 9.17) is 21.6 Å². The van der Waals surface area contributed by atoms with Crippen LogP contribution in [0.2, 0.25) is 5.02 Å². The van der Waals surface area contributed by atoms with Crippen molar-refractivity contribution in [3.63, 3.8) is 0 Å². The van der Waals surface area contributed by atoms with Crippen LogP contribution in [0.3, 0.4) is 0 Å². The first kappa shape index (κ1) is 37.9. The summed E-state index contributed by atoms with van der Waals surface area (Å²) in [5.74, 6) is 1.14. The van der Waals surface area contributed by atoms with Crippen molar-refractivity contribution in [3.05, 3.63) is 64.4 Å². The second kappa shape index (κ2) is 17.4. The van der Waals surface area contributed by atoms with Gasteiger partial charge in [0.15, 0.2) is 23.0 Å². The molecule has 3 N–H and O–H groups in total. The fourth-order valence-electron chi connectivity index (χ4n) is 7.60. The Morgan fingerprint density at radius 3 is 2.02 bits per heavy atom. The van der Waals surface area contributed by atoms with Crippen LogP contribution in [0.4, 0.5) is 11.6 Å². The number of hydrogen-bond acceptors (Lipinski definition) is 13. The molecule has 3 aliphatic heterocycles. The number of hydrogen-bond donors (Lipinski definition) is 3. The minimum Gasteiger partial charge on any atom is -0.490 e. The zero-order valence-corrected chi connectivity index (χ0v) is 31.2. The van der Waals surface area contributed by atoms with E-state index < -0.39 is 17.9 Å². The van der Waals surface area contributed by atoms with Crippen molar-refractivity contribution in [3.8, 4) is 11.8 Å². The number of nitriles is 1. The lowest BCUT2D eigenvalue weighted by Crippen LogP contribution is -2.52. The van der Waals surface area contributed by atoms with Gasteiger partial charge in [0.1, 0.15) is 17.9 Å². The number of aromatic nitrogens is 4. The van der Waals surface area contributed by atoms with E-state index in [0.29, 0.717) is 33.8 Å². The highest BCUT2D eigenvalue weighted by molar-refractivity contribution is 6.31.